The number of benzene rings is 1. The fourth-order valence-corrected chi connectivity index (χ4v) is 2.79. The van der Waals surface area contributed by atoms with Crippen molar-refractivity contribution in [1.29, 1.82) is 0 Å². The maximum Gasteiger partial charge on any atom is 0.244 e. The van der Waals surface area contributed by atoms with Gasteiger partial charge in [-0.3, -0.25) is 4.79 Å². The Morgan fingerprint density at radius 2 is 2.33 bits per heavy atom. The average molecular weight is 311 g/mol. The zero-order chi connectivity index (χ0) is 13.2. The topological polar surface area (TPSA) is 41.1 Å². The van der Waals surface area contributed by atoms with E-state index in [0.29, 0.717) is 0 Å². The van der Waals surface area contributed by atoms with E-state index in [1.807, 2.05) is 25.1 Å². The first-order valence-electron chi connectivity index (χ1n) is 6.40. The molecule has 1 fully saturated rings. The number of amides is 1. The molecule has 1 amide bonds. The standard InChI is InChI=1S/C14H19BrN2O/c1-3-14(7-4-8-16-14)13(18)17-12-9-11(15)6-5-10(12)2/h5-6,9,16H,3-4,7-8H2,1-2H3,(H,17,18). The van der Waals surface area contributed by atoms with E-state index in [1.165, 1.54) is 0 Å². The van der Waals surface area contributed by atoms with Crippen molar-refractivity contribution in [2.75, 3.05) is 11.9 Å². The van der Waals surface area contributed by atoms with Gasteiger partial charge in [0.1, 0.15) is 0 Å². The Balaban J connectivity index is 2.18. The minimum absolute atomic E-state index is 0.0868. The van der Waals surface area contributed by atoms with Gasteiger partial charge in [-0.25, -0.2) is 0 Å². The highest BCUT2D eigenvalue weighted by molar-refractivity contribution is 9.10. The Morgan fingerprint density at radius 1 is 1.56 bits per heavy atom. The van der Waals surface area contributed by atoms with Crippen molar-refractivity contribution in [2.45, 2.75) is 38.6 Å². The SMILES string of the molecule is CCC1(C(=O)Nc2cc(Br)ccc2C)CCCN1. The van der Waals surface area contributed by atoms with Crippen molar-refractivity contribution in [3.63, 3.8) is 0 Å². The number of carbonyl (C=O) groups excluding carboxylic acids is 1. The molecule has 0 bridgehead atoms. The second-order valence-corrected chi connectivity index (χ2v) is 5.80. The van der Waals surface area contributed by atoms with E-state index in [9.17, 15) is 4.79 Å². The number of anilines is 1. The molecule has 0 aromatic heterocycles. The number of hydrogen-bond acceptors (Lipinski definition) is 2. The molecule has 1 aromatic rings. The first-order chi connectivity index (χ1) is 8.57. The van der Waals surface area contributed by atoms with Crippen LogP contribution in [0.2, 0.25) is 0 Å². The summed E-state index contributed by atoms with van der Waals surface area (Å²) in [5.41, 5.74) is 1.58. The first kappa shape index (κ1) is 13.6. The summed E-state index contributed by atoms with van der Waals surface area (Å²) in [6.07, 6.45) is 2.81. The van der Waals surface area contributed by atoms with Gasteiger partial charge in [0.15, 0.2) is 0 Å². The largest absolute Gasteiger partial charge is 0.324 e. The Bertz CT molecular complexity index is 453. The molecule has 1 atom stereocenters. The van der Waals surface area contributed by atoms with Crippen LogP contribution in [0.15, 0.2) is 22.7 Å². The molecule has 0 spiro atoms. The molecule has 1 unspecified atom stereocenters. The van der Waals surface area contributed by atoms with Gasteiger partial charge in [0.25, 0.3) is 0 Å². The molecule has 0 aliphatic carbocycles. The molecule has 1 aliphatic rings. The Labute approximate surface area is 116 Å². The van der Waals surface area contributed by atoms with Gasteiger partial charge in [-0.15, -0.1) is 0 Å². The highest BCUT2D eigenvalue weighted by atomic mass is 79.9. The Kier molecular flexibility index (Phi) is 4.07. The zero-order valence-electron chi connectivity index (χ0n) is 10.8. The minimum atomic E-state index is -0.380. The van der Waals surface area contributed by atoms with E-state index in [0.717, 1.165) is 41.5 Å². The van der Waals surface area contributed by atoms with Crippen LogP contribution in [0, 0.1) is 6.92 Å². The van der Waals surface area contributed by atoms with E-state index in [-0.39, 0.29) is 11.4 Å². The lowest BCUT2D eigenvalue weighted by Gasteiger charge is -2.27. The minimum Gasteiger partial charge on any atom is -0.324 e. The third-order valence-electron chi connectivity index (χ3n) is 3.73. The predicted octanol–water partition coefficient (Wildman–Crippen LogP) is 3.23. The fourth-order valence-electron chi connectivity index (χ4n) is 2.43. The molecule has 0 radical (unpaired) electrons. The molecule has 98 valence electrons. The fraction of sp³-hybridized carbons (Fsp3) is 0.500. The molecule has 4 heteroatoms. The summed E-state index contributed by atoms with van der Waals surface area (Å²) < 4.78 is 0.980. The Hall–Kier alpha value is -0.870. The van der Waals surface area contributed by atoms with E-state index in [4.69, 9.17) is 0 Å². The van der Waals surface area contributed by atoms with Crippen LogP contribution in [-0.2, 0) is 4.79 Å². The van der Waals surface area contributed by atoms with Gasteiger partial charge in [-0.05, 0) is 50.4 Å². The number of rotatable bonds is 3. The summed E-state index contributed by atoms with van der Waals surface area (Å²) in [7, 11) is 0. The van der Waals surface area contributed by atoms with Crippen LogP contribution >= 0.6 is 15.9 Å². The second kappa shape index (κ2) is 5.41. The zero-order valence-corrected chi connectivity index (χ0v) is 12.4. The quantitative estimate of drug-likeness (QED) is 0.900. The van der Waals surface area contributed by atoms with Crippen molar-refractivity contribution in [2.24, 2.45) is 0 Å². The third-order valence-corrected chi connectivity index (χ3v) is 4.22. The summed E-state index contributed by atoms with van der Waals surface area (Å²) in [6.45, 7) is 4.99. The molecule has 1 aromatic carbocycles. The van der Waals surface area contributed by atoms with Crippen LogP contribution in [0.25, 0.3) is 0 Å². The second-order valence-electron chi connectivity index (χ2n) is 4.88. The van der Waals surface area contributed by atoms with Crippen LogP contribution in [0.3, 0.4) is 0 Å². The Morgan fingerprint density at radius 3 is 2.94 bits per heavy atom. The normalized spacial score (nSPS) is 23.1. The average Bonchev–Trinajstić information content (AvgIpc) is 2.84. The lowest BCUT2D eigenvalue weighted by molar-refractivity contribution is -0.122. The van der Waals surface area contributed by atoms with Gasteiger partial charge in [0, 0.05) is 10.2 Å². The van der Waals surface area contributed by atoms with Crippen LogP contribution in [0.4, 0.5) is 5.69 Å². The van der Waals surface area contributed by atoms with Crippen molar-refractivity contribution in [1.82, 2.24) is 5.32 Å². The number of carbonyl (C=O) groups is 1. The summed E-state index contributed by atoms with van der Waals surface area (Å²) in [5.74, 6) is 0.0868. The van der Waals surface area contributed by atoms with Crippen molar-refractivity contribution in [3.05, 3.63) is 28.2 Å². The van der Waals surface area contributed by atoms with Crippen molar-refractivity contribution < 1.29 is 4.79 Å². The summed E-state index contributed by atoms with van der Waals surface area (Å²) >= 11 is 3.43. The molecule has 1 saturated heterocycles. The summed E-state index contributed by atoms with van der Waals surface area (Å²) in [5, 5.41) is 6.40. The maximum atomic E-state index is 12.4. The summed E-state index contributed by atoms with van der Waals surface area (Å²) in [4.78, 5) is 12.4. The molecule has 1 aliphatic heterocycles. The van der Waals surface area contributed by atoms with E-state index >= 15 is 0 Å². The van der Waals surface area contributed by atoms with Crippen LogP contribution < -0.4 is 10.6 Å². The number of hydrogen-bond donors (Lipinski definition) is 2. The van der Waals surface area contributed by atoms with Crippen molar-refractivity contribution in [3.8, 4) is 0 Å². The predicted molar refractivity (Wildman–Crippen MR) is 77.8 cm³/mol. The highest BCUT2D eigenvalue weighted by Gasteiger charge is 2.39. The molecule has 2 rings (SSSR count). The monoisotopic (exact) mass is 310 g/mol. The van der Waals surface area contributed by atoms with Gasteiger partial charge in [0.2, 0.25) is 5.91 Å². The van der Waals surface area contributed by atoms with E-state index in [2.05, 4.69) is 33.5 Å². The number of halogens is 1. The molecule has 2 N–H and O–H groups in total. The van der Waals surface area contributed by atoms with Crippen molar-refractivity contribution >= 4 is 27.5 Å². The molecular weight excluding hydrogens is 292 g/mol. The lowest BCUT2D eigenvalue weighted by atomic mass is 9.93. The van der Waals surface area contributed by atoms with E-state index in [1.54, 1.807) is 0 Å². The van der Waals surface area contributed by atoms with Gasteiger partial charge in [-0.2, -0.15) is 0 Å². The van der Waals surface area contributed by atoms with Gasteiger partial charge in [0.05, 0.1) is 5.54 Å². The molecule has 3 nitrogen and oxygen atoms in total. The lowest BCUT2D eigenvalue weighted by Crippen LogP contribution is -2.50. The number of aryl methyl sites for hydroxylation is 1. The van der Waals surface area contributed by atoms with E-state index < -0.39 is 0 Å². The maximum absolute atomic E-state index is 12.4. The summed E-state index contributed by atoms with van der Waals surface area (Å²) in [6, 6.07) is 5.93. The van der Waals surface area contributed by atoms with Gasteiger partial charge >= 0.3 is 0 Å². The molecule has 1 heterocycles. The highest BCUT2D eigenvalue weighted by Crippen LogP contribution is 2.27. The van der Waals surface area contributed by atoms with Crippen LogP contribution in [0.5, 0.6) is 0 Å². The first-order valence-corrected chi connectivity index (χ1v) is 7.19. The van der Waals surface area contributed by atoms with Gasteiger partial charge in [-0.1, -0.05) is 28.9 Å². The van der Waals surface area contributed by atoms with Crippen LogP contribution in [0.1, 0.15) is 31.7 Å². The molecule has 0 saturated carbocycles. The van der Waals surface area contributed by atoms with Gasteiger partial charge < -0.3 is 10.6 Å². The number of nitrogens with one attached hydrogen (secondary N) is 2. The molecule has 18 heavy (non-hydrogen) atoms. The molecular formula is C14H19BrN2O. The third kappa shape index (κ3) is 2.59. The van der Waals surface area contributed by atoms with Crippen LogP contribution in [-0.4, -0.2) is 18.0 Å². The smallest absolute Gasteiger partial charge is 0.244 e.